The highest BCUT2D eigenvalue weighted by Crippen LogP contribution is 2.29. The van der Waals surface area contributed by atoms with Gasteiger partial charge in [-0.05, 0) is 38.1 Å². The van der Waals surface area contributed by atoms with E-state index in [1.54, 1.807) is 0 Å². The molecule has 1 aromatic carbocycles. The maximum atomic E-state index is 13.3. The Morgan fingerprint density at radius 2 is 2.28 bits per heavy atom. The molecule has 0 aromatic heterocycles. The zero-order valence-corrected chi connectivity index (χ0v) is 10.7. The standard InChI is InChI=1S/C13H19FN2O2/c1-3-16-13(17)10(6-7-15)11-8-9(14)4-5-12(11)18-2/h4-5,8,10H,3,6-7,15H2,1-2H3,(H,16,17). The van der Waals surface area contributed by atoms with Crippen molar-refractivity contribution >= 4 is 5.91 Å². The Morgan fingerprint density at radius 1 is 1.56 bits per heavy atom. The molecule has 0 fully saturated rings. The van der Waals surface area contributed by atoms with Gasteiger partial charge < -0.3 is 15.8 Å². The quantitative estimate of drug-likeness (QED) is 0.806. The Labute approximate surface area is 106 Å². The number of nitrogens with one attached hydrogen (secondary N) is 1. The van der Waals surface area contributed by atoms with Gasteiger partial charge in [-0.2, -0.15) is 0 Å². The van der Waals surface area contributed by atoms with Crippen molar-refractivity contribution in [1.82, 2.24) is 5.32 Å². The van der Waals surface area contributed by atoms with E-state index < -0.39 is 11.7 Å². The molecular formula is C13H19FN2O2. The van der Waals surface area contributed by atoms with Crippen LogP contribution in [0.15, 0.2) is 18.2 Å². The zero-order chi connectivity index (χ0) is 13.5. The number of amides is 1. The van der Waals surface area contributed by atoms with Crippen LogP contribution in [0.1, 0.15) is 24.8 Å². The smallest absolute Gasteiger partial charge is 0.227 e. The van der Waals surface area contributed by atoms with Crippen molar-refractivity contribution in [2.75, 3.05) is 20.2 Å². The molecule has 1 amide bonds. The molecule has 0 saturated carbocycles. The summed E-state index contributed by atoms with van der Waals surface area (Å²) >= 11 is 0. The molecule has 1 unspecified atom stereocenters. The molecule has 4 nitrogen and oxygen atoms in total. The van der Waals surface area contributed by atoms with E-state index in [0.29, 0.717) is 30.8 Å². The van der Waals surface area contributed by atoms with Gasteiger partial charge in [0.15, 0.2) is 0 Å². The Balaban J connectivity index is 3.11. The van der Waals surface area contributed by atoms with Gasteiger partial charge in [0.25, 0.3) is 0 Å². The van der Waals surface area contributed by atoms with E-state index in [1.165, 1.54) is 25.3 Å². The number of benzene rings is 1. The molecule has 0 saturated heterocycles. The molecule has 0 bridgehead atoms. The summed E-state index contributed by atoms with van der Waals surface area (Å²) in [5, 5.41) is 2.73. The van der Waals surface area contributed by atoms with Crippen LogP contribution in [0.25, 0.3) is 0 Å². The lowest BCUT2D eigenvalue weighted by Gasteiger charge is -2.18. The number of halogens is 1. The minimum Gasteiger partial charge on any atom is -0.496 e. The van der Waals surface area contributed by atoms with Crippen LogP contribution in [0.4, 0.5) is 4.39 Å². The van der Waals surface area contributed by atoms with Crippen LogP contribution in [0.3, 0.4) is 0 Å². The third-order valence-electron chi connectivity index (χ3n) is 2.69. The second kappa shape index (κ2) is 6.96. The van der Waals surface area contributed by atoms with E-state index in [-0.39, 0.29) is 5.91 Å². The molecule has 0 aliphatic heterocycles. The summed E-state index contributed by atoms with van der Waals surface area (Å²) < 4.78 is 18.5. The minimum atomic E-state index is -0.486. The third kappa shape index (κ3) is 3.43. The highest BCUT2D eigenvalue weighted by molar-refractivity contribution is 5.84. The van der Waals surface area contributed by atoms with Crippen LogP contribution < -0.4 is 15.8 Å². The summed E-state index contributed by atoms with van der Waals surface area (Å²) in [4.78, 5) is 12.0. The van der Waals surface area contributed by atoms with Crippen LogP contribution in [-0.4, -0.2) is 26.1 Å². The van der Waals surface area contributed by atoms with Crippen molar-refractivity contribution in [3.05, 3.63) is 29.6 Å². The predicted octanol–water partition coefficient (Wildman–Crippen LogP) is 1.40. The molecule has 18 heavy (non-hydrogen) atoms. The monoisotopic (exact) mass is 254 g/mol. The molecule has 1 rings (SSSR count). The average molecular weight is 254 g/mol. The molecular weight excluding hydrogens is 235 g/mol. The topological polar surface area (TPSA) is 64.4 Å². The Bertz CT molecular complexity index is 410. The lowest BCUT2D eigenvalue weighted by Crippen LogP contribution is -2.30. The highest BCUT2D eigenvalue weighted by atomic mass is 19.1. The van der Waals surface area contributed by atoms with Gasteiger partial charge in [0, 0.05) is 12.1 Å². The first-order valence-electron chi connectivity index (χ1n) is 5.95. The van der Waals surface area contributed by atoms with Crippen molar-refractivity contribution in [2.24, 2.45) is 5.73 Å². The normalized spacial score (nSPS) is 12.0. The molecule has 0 aliphatic rings. The fourth-order valence-corrected chi connectivity index (χ4v) is 1.87. The van der Waals surface area contributed by atoms with Gasteiger partial charge in [0.1, 0.15) is 11.6 Å². The zero-order valence-electron chi connectivity index (χ0n) is 10.7. The average Bonchev–Trinajstić information content (AvgIpc) is 2.36. The Kier molecular flexibility index (Phi) is 5.58. The van der Waals surface area contributed by atoms with Crippen molar-refractivity contribution in [2.45, 2.75) is 19.3 Å². The van der Waals surface area contributed by atoms with Gasteiger partial charge in [0.2, 0.25) is 5.91 Å². The maximum Gasteiger partial charge on any atom is 0.227 e. The van der Waals surface area contributed by atoms with E-state index in [0.717, 1.165) is 0 Å². The van der Waals surface area contributed by atoms with Crippen LogP contribution in [-0.2, 0) is 4.79 Å². The summed E-state index contributed by atoms with van der Waals surface area (Å²) in [6, 6.07) is 4.15. The summed E-state index contributed by atoms with van der Waals surface area (Å²) in [7, 11) is 1.49. The fraction of sp³-hybridized carbons (Fsp3) is 0.462. The number of hydrogen-bond donors (Lipinski definition) is 2. The van der Waals surface area contributed by atoms with Crippen LogP contribution in [0.5, 0.6) is 5.75 Å². The second-order valence-corrected chi connectivity index (χ2v) is 3.91. The Morgan fingerprint density at radius 3 is 2.83 bits per heavy atom. The molecule has 5 heteroatoms. The predicted molar refractivity (Wildman–Crippen MR) is 68.0 cm³/mol. The van der Waals surface area contributed by atoms with E-state index in [9.17, 15) is 9.18 Å². The first kappa shape index (κ1) is 14.4. The number of rotatable bonds is 6. The number of carbonyl (C=O) groups is 1. The maximum absolute atomic E-state index is 13.3. The summed E-state index contributed by atoms with van der Waals surface area (Å²) in [5.74, 6) is -0.536. The molecule has 0 radical (unpaired) electrons. The van der Waals surface area contributed by atoms with Crippen LogP contribution in [0.2, 0.25) is 0 Å². The number of ether oxygens (including phenoxy) is 1. The number of likely N-dealkylation sites (N-methyl/N-ethyl adjacent to an activating group) is 1. The lowest BCUT2D eigenvalue weighted by atomic mass is 9.93. The first-order chi connectivity index (χ1) is 8.63. The van der Waals surface area contributed by atoms with Gasteiger partial charge in [-0.15, -0.1) is 0 Å². The minimum absolute atomic E-state index is 0.160. The Hall–Kier alpha value is -1.62. The highest BCUT2D eigenvalue weighted by Gasteiger charge is 2.23. The largest absolute Gasteiger partial charge is 0.496 e. The van der Waals surface area contributed by atoms with E-state index in [2.05, 4.69) is 5.32 Å². The molecule has 100 valence electrons. The van der Waals surface area contributed by atoms with Crippen molar-refractivity contribution in [3.8, 4) is 5.75 Å². The van der Waals surface area contributed by atoms with Crippen molar-refractivity contribution in [3.63, 3.8) is 0 Å². The van der Waals surface area contributed by atoms with E-state index in [1.807, 2.05) is 6.92 Å². The van der Waals surface area contributed by atoms with Crippen LogP contribution in [0, 0.1) is 5.82 Å². The van der Waals surface area contributed by atoms with E-state index in [4.69, 9.17) is 10.5 Å². The van der Waals surface area contributed by atoms with Crippen molar-refractivity contribution in [1.29, 1.82) is 0 Å². The molecule has 1 atom stereocenters. The number of nitrogens with two attached hydrogens (primary N) is 1. The van der Waals surface area contributed by atoms with Gasteiger partial charge in [0.05, 0.1) is 13.0 Å². The number of carbonyl (C=O) groups excluding carboxylic acids is 1. The molecule has 0 aliphatic carbocycles. The fourth-order valence-electron chi connectivity index (χ4n) is 1.87. The van der Waals surface area contributed by atoms with Gasteiger partial charge in [-0.3, -0.25) is 4.79 Å². The third-order valence-corrected chi connectivity index (χ3v) is 2.69. The molecule has 0 spiro atoms. The van der Waals surface area contributed by atoms with Gasteiger partial charge >= 0.3 is 0 Å². The number of hydrogen-bond acceptors (Lipinski definition) is 3. The summed E-state index contributed by atoms with van der Waals surface area (Å²) in [6.07, 6.45) is 0.450. The molecule has 0 heterocycles. The van der Waals surface area contributed by atoms with Gasteiger partial charge in [-0.25, -0.2) is 4.39 Å². The molecule has 1 aromatic rings. The second-order valence-electron chi connectivity index (χ2n) is 3.91. The summed E-state index contributed by atoms with van der Waals surface area (Å²) in [5.41, 5.74) is 6.05. The van der Waals surface area contributed by atoms with Gasteiger partial charge in [-0.1, -0.05) is 0 Å². The first-order valence-corrected chi connectivity index (χ1v) is 5.95. The summed E-state index contributed by atoms with van der Waals surface area (Å²) in [6.45, 7) is 2.71. The van der Waals surface area contributed by atoms with Crippen molar-refractivity contribution < 1.29 is 13.9 Å². The number of methoxy groups -OCH3 is 1. The SMILES string of the molecule is CCNC(=O)C(CCN)c1cc(F)ccc1OC. The van der Waals surface area contributed by atoms with E-state index >= 15 is 0 Å². The molecule has 3 N–H and O–H groups in total. The lowest BCUT2D eigenvalue weighted by molar-refractivity contribution is -0.122. The van der Waals surface area contributed by atoms with Crippen LogP contribution >= 0.6 is 0 Å².